The molecule has 1 fully saturated rings. The number of nitrogens with one attached hydrogen (secondary N) is 2. The molecule has 7 nitrogen and oxygen atoms in total. The van der Waals surface area contributed by atoms with Gasteiger partial charge in [0, 0.05) is 28.4 Å². The maximum absolute atomic E-state index is 14.1. The van der Waals surface area contributed by atoms with Gasteiger partial charge in [0.25, 0.3) is 0 Å². The average molecular weight is 507 g/mol. The summed E-state index contributed by atoms with van der Waals surface area (Å²) in [5.41, 5.74) is 2.13. The van der Waals surface area contributed by atoms with Gasteiger partial charge in [-0.1, -0.05) is 29.3 Å². The van der Waals surface area contributed by atoms with Gasteiger partial charge in [-0.05, 0) is 73.7 Å². The first-order valence-electron chi connectivity index (χ1n) is 10.6. The van der Waals surface area contributed by atoms with Crippen molar-refractivity contribution in [2.24, 2.45) is 0 Å². The third-order valence-corrected chi connectivity index (χ3v) is 8.03. The molecule has 2 heterocycles. The van der Waals surface area contributed by atoms with Crippen LogP contribution in [0.4, 0.5) is 0 Å². The molecule has 0 bridgehead atoms. The van der Waals surface area contributed by atoms with Gasteiger partial charge in [-0.2, -0.15) is 9.40 Å². The zero-order chi connectivity index (χ0) is 23.6. The van der Waals surface area contributed by atoms with Crippen molar-refractivity contribution < 1.29 is 13.2 Å². The molecule has 0 aliphatic carbocycles. The number of aryl methyl sites for hydroxylation is 1. The van der Waals surface area contributed by atoms with Crippen LogP contribution in [-0.4, -0.2) is 41.4 Å². The third kappa shape index (κ3) is 5.09. The van der Waals surface area contributed by atoms with Crippen LogP contribution >= 0.6 is 23.2 Å². The average Bonchev–Trinajstić information content (AvgIpc) is 3.20. The fourth-order valence-electron chi connectivity index (χ4n) is 4.20. The second-order valence-corrected chi connectivity index (χ2v) is 10.8. The van der Waals surface area contributed by atoms with Crippen molar-refractivity contribution in [3.63, 3.8) is 0 Å². The zero-order valence-corrected chi connectivity index (χ0v) is 20.3. The minimum Gasteiger partial charge on any atom is -0.355 e. The number of rotatable bonds is 6. The Morgan fingerprint density at radius 2 is 1.82 bits per heavy atom. The van der Waals surface area contributed by atoms with E-state index >= 15 is 0 Å². The van der Waals surface area contributed by atoms with Gasteiger partial charge < -0.3 is 5.32 Å². The molecule has 1 saturated heterocycles. The maximum atomic E-state index is 14.1. The molecule has 1 aliphatic rings. The normalized spacial score (nSPS) is 18.1. The molecule has 0 spiro atoms. The molecular formula is C23H24Cl2N4O3S. The van der Waals surface area contributed by atoms with Crippen LogP contribution in [0.2, 0.25) is 10.0 Å². The molecule has 2 aromatic carbocycles. The predicted molar refractivity (Wildman–Crippen MR) is 128 cm³/mol. The van der Waals surface area contributed by atoms with Crippen LogP contribution < -0.4 is 5.32 Å². The summed E-state index contributed by atoms with van der Waals surface area (Å²) in [6, 6.07) is 9.63. The van der Waals surface area contributed by atoms with Crippen molar-refractivity contribution in [3.8, 4) is 0 Å². The lowest BCUT2D eigenvalue weighted by atomic mass is 9.97. The lowest BCUT2D eigenvalue weighted by Crippen LogP contribution is -2.50. The van der Waals surface area contributed by atoms with E-state index in [1.165, 1.54) is 28.6 Å². The second-order valence-electron chi connectivity index (χ2n) is 8.09. The Morgan fingerprint density at radius 1 is 1.06 bits per heavy atom. The van der Waals surface area contributed by atoms with Crippen LogP contribution in [0, 0.1) is 6.92 Å². The van der Waals surface area contributed by atoms with Gasteiger partial charge in [0.05, 0.1) is 17.1 Å². The maximum Gasteiger partial charge on any atom is 0.244 e. The first kappa shape index (κ1) is 23.8. The highest BCUT2D eigenvalue weighted by atomic mass is 35.5. The molecule has 4 rings (SSSR count). The number of aromatic nitrogens is 2. The number of nitrogens with zero attached hydrogens (tertiary/aromatic N) is 2. The predicted octanol–water partition coefficient (Wildman–Crippen LogP) is 4.47. The van der Waals surface area contributed by atoms with Gasteiger partial charge in [-0.15, -0.1) is 0 Å². The lowest BCUT2D eigenvalue weighted by Gasteiger charge is -2.36. The standard InChI is InChI=1S/C23H24Cl2N4O3S/c1-15-10-16(12-19(25)11-15)22(17-13-27-28-14-17)29(21-4-2-3-9-26-23(21)30)33(31,32)20-7-5-18(24)6-8-20/h5-8,10-14,21-22H,2-4,9H2,1H3,(H,26,30)(H,27,28). The largest absolute Gasteiger partial charge is 0.355 e. The van der Waals surface area contributed by atoms with E-state index in [4.69, 9.17) is 23.2 Å². The van der Waals surface area contributed by atoms with Crippen LogP contribution in [0.1, 0.15) is 42.0 Å². The smallest absolute Gasteiger partial charge is 0.244 e. The summed E-state index contributed by atoms with van der Waals surface area (Å²) in [4.78, 5) is 13.2. The monoisotopic (exact) mass is 506 g/mol. The van der Waals surface area contributed by atoms with Crippen molar-refractivity contribution in [1.82, 2.24) is 19.8 Å². The van der Waals surface area contributed by atoms with Crippen molar-refractivity contribution >= 4 is 39.1 Å². The number of sulfonamides is 1. The van der Waals surface area contributed by atoms with Crippen molar-refractivity contribution in [3.05, 3.63) is 81.6 Å². The first-order chi connectivity index (χ1) is 15.8. The van der Waals surface area contributed by atoms with Crippen LogP contribution in [0.15, 0.2) is 59.8 Å². The van der Waals surface area contributed by atoms with Crippen LogP contribution in [0.5, 0.6) is 0 Å². The fraction of sp³-hybridized carbons (Fsp3) is 0.304. The number of hydrogen-bond donors (Lipinski definition) is 2. The van der Waals surface area contributed by atoms with Crippen molar-refractivity contribution in [1.29, 1.82) is 0 Å². The summed E-state index contributed by atoms with van der Waals surface area (Å²) in [6.45, 7) is 2.40. The minimum atomic E-state index is -4.14. The van der Waals surface area contributed by atoms with Crippen LogP contribution in [0.3, 0.4) is 0 Å². The van der Waals surface area contributed by atoms with Gasteiger partial charge in [0.15, 0.2) is 0 Å². The molecule has 10 heteroatoms. The van der Waals surface area contributed by atoms with E-state index in [1.54, 1.807) is 24.5 Å². The van der Waals surface area contributed by atoms with E-state index in [9.17, 15) is 13.2 Å². The Hall–Kier alpha value is -2.39. The molecule has 2 unspecified atom stereocenters. The summed E-state index contributed by atoms with van der Waals surface area (Å²) in [7, 11) is -4.14. The molecule has 174 valence electrons. The molecule has 0 saturated carbocycles. The van der Waals surface area contributed by atoms with E-state index in [0.717, 1.165) is 12.0 Å². The van der Waals surface area contributed by atoms with Gasteiger partial charge in [0.2, 0.25) is 15.9 Å². The fourth-order valence-corrected chi connectivity index (χ4v) is 6.40. The molecule has 3 aromatic rings. The summed E-state index contributed by atoms with van der Waals surface area (Å²) in [6.07, 6.45) is 5.10. The van der Waals surface area contributed by atoms with Gasteiger partial charge >= 0.3 is 0 Å². The number of H-pyrrole nitrogens is 1. The van der Waals surface area contributed by atoms with Crippen LogP contribution in [-0.2, 0) is 14.8 Å². The quantitative estimate of drug-likeness (QED) is 0.515. The third-order valence-electron chi connectivity index (χ3n) is 5.67. The van der Waals surface area contributed by atoms with E-state index < -0.39 is 22.1 Å². The molecular weight excluding hydrogens is 483 g/mol. The molecule has 2 atom stereocenters. The van der Waals surface area contributed by atoms with Gasteiger partial charge in [-0.25, -0.2) is 8.42 Å². The molecule has 33 heavy (non-hydrogen) atoms. The van der Waals surface area contributed by atoms with Crippen molar-refractivity contribution in [2.75, 3.05) is 6.54 Å². The summed E-state index contributed by atoms with van der Waals surface area (Å²) in [5.74, 6) is -0.322. The zero-order valence-electron chi connectivity index (χ0n) is 18.0. The minimum absolute atomic E-state index is 0.0520. The highest BCUT2D eigenvalue weighted by Gasteiger charge is 2.43. The van der Waals surface area contributed by atoms with E-state index in [0.29, 0.717) is 40.6 Å². The van der Waals surface area contributed by atoms with E-state index in [-0.39, 0.29) is 10.8 Å². The Bertz CT molecular complexity index is 1210. The highest BCUT2D eigenvalue weighted by Crippen LogP contribution is 2.38. The van der Waals surface area contributed by atoms with Crippen LogP contribution in [0.25, 0.3) is 0 Å². The lowest BCUT2D eigenvalue weighted by molar-refractivity contribution is -0.124. The number of hydrogen-bond acceptors (Lipinski definition) is 4. The van der Waals surface area contributed by atoms with Gasteiger partial charge in [0.1, 0.15) is 6.04 Å². The highest BCUT2D eigenvalue weighted by molar-refractivity contribution is 7.89. The van der Waals surface area contributed by atoms with E-state index in [1.807, 2.05) is 13.0 Å². The number of carbonyl (C=O) groups is 1. The Balaban J connectivity index is 1.96. The summed E-state index contributed by atoms with van der Waals surface area (Å²) in [5, 5.41) is 10.6. The summed E-state index contributed by atoms with van der Waals surface area (Å²) >= 11 is 12.4. The number of aromatic amines is 1. The topological polar surface area (TPSA) is 95.2 Å². The molecule has 0 radical (unpaired) electrons. The Kier molecular flexibility index (Phi) is 7.09. The van der Waals surface area contributed by atoms with Crippen molar-refractivity contribution in [2.45, 2.75) is 43.2 Å². The van der Waals surface area contributed by atoms with E-state index in [2.05, 4.69) is 15.5 Å². The SMILES string of the molecule is Cc1cc(Cl)cc(C(c2cn[nH]c2)N(C2CCCCNC2=O)S(=O)(=O)c2ccc(Cl)cc2)c1. The first-order valence-corrected chi connectivity index (χ1v) is 12.8. The molecule has 1 aliphatic heterocycles. The number of benzene rings is 2. The molecule has 1 aromatic heterocycles. The molecule has 1 amide bonds. The molecule has 2 N–H and O–H groups in total. The Morgan fingerprint density at radius 3 is 2.48 bits per heavy atom. The summed E-state index contributed by atoms with van der Waals surface area (Å²) < 4.78 is 29.5. The van der Waals surface area contributed by atoms with Gasteiger partial charge in [-0.3, -0.25) is 9.89 Å². The number of carbonyl (C=O) groups excluding carboxylic acids is 1. The number of halogens is 2. The Labute approximate surface area is 203 Å². The number of amides is 1. The second kappa shape index (κ2) is 9.85.